The lowest BCUT2D eigenvalue weighted by molar-refractivity contribution is -0.870. The van der Waals surface area contributed by atoms with Crippen LogP contribution in [0.5, 0.6) is 0 Å². The van der Waals surface area contributed by atoms with Gasteiger partial charge in [-0.05, 0) is 77.0 Å². The first-order chi connectivity index (χ1) is 38.0. The SMILES string of the molecule is CC/C=C\C/C=C\C/C=C\CCCCCC(=O)OC(COC(=O)CCCCCCCCCCCCCCCCCCCCCCCCCCCCCCC/C=C\C/C=C\CCCCCCC)COP(=O)(O)OCC[N+](C)(C)C. The molecule has 0 rings (SSSR count). The van der Waals surface area contributed by atoms with Crippen LogP contribution in [0, 0.1) is 0 Å². The van der Waals surface area contributed by atoms with Crippen LogP contribution >= 0.6 is 7.82 Å². The number of rotatable bonds is 61. The first-order valence-electron chi connectivity index (χ1n) is 33.0. The lowest BCUT2D eigenvalue weighted by Crippen LogP contribution is -2.37. The van der Waals surface area contributed by atoms with E-state index in [4.69, 9.17) is 18.5 Å². The van der Waals surface area contributed by atoms with Gasteiger partial charge in [0.15, 0.2) is 6.10 Å². The Bertz CT molecular complexity index is 1500. The molecule has 0 bridgehead atoms. The Morgan fingerprint density at radius 1 is 0.410 bits per heavy atom. The molecule has 9 nitrogen and oxygen atoms in total. The Kier molecular flexibility index (Phi) is 57.6. The highest BCUT2D eigenvalue weighted by Gasteiger charge is 2.27. The summed E-state index contributed by atoms with van der Waals surface area (Å²) in [7, 11) is 1.46. The van der Waals surface area contributed by atoms with Crippen molar-refractivity contribution in [3.05, 3.63) is 60.8 Å². The van der Waals surface area contributed by atoms with Gasteiger partial charge in [0, 0.05) is 12.8 Å². The topological polar surface area (TPSA) is 108 Å². The summed E-state index contributed by atoms with van der Waals surface area (Å²) in [5, 5.41) is 0. The van der Waals surface area contributed by atoms with Crippen LogP contribution in [0.2, 0.25) is 0 Å². The molecular formula is C68H127NO8P+. The number of quaternary nitrogens is 1. The summed E-state index contributed by atoms with van der Waals surface area (Å²) in [4.78, 5) is 35.6. The fraction of sp³-hybridized carbons (Fsp3) is 0.824. The molecule has 456 valence electrons. The first kappa shape index (κ1) is 75.7. The molecule has 0 radical (unpaired) electrons. The van der Waals surface area contributed by atoms with Crippen molar-refractivity contribution >= 4 is 19.8 Å². The van der Waals surface area contributed by atoms with Gasteiger partial charge in [-0.25, -0.2) is 4.57 Å². The van der Waals surface area contributed by atoms with Crippen molar-refractivity contribution < 1.29 is 42.1 Å². The predicted molar refractivity (Wildman–Crippen MR) is 335 cm³/mol. The molecule has 0 saturated heterocycles. The summed E-state index contributed by atoms with van der Waals surface area (Å²) in [6.07, 6.45) is 77.9. The second-order valence-electron chi connectivity index (χ2n) is 23.5. The number of carbonyl (C=O) groups is 2. The number of ether oxygens (including phenoxy) is 2. The molecule has 0 spiro atoms. The van der Waals surface area contributed by atoms with Crippen molar-refractivity contribution in [1.82, 2.24) is 0 Å². The van der Waals surface area contributed by atoms with Crippen LogP contribution in [0.25, 0.3) is 0 Å². The van der Waals surface area contributed by atoms with Crippen LogP contribution in [0.15, 0.2) is 60.8 Å². The van der Waals surface area contributed by atoms with Crippen molar-refractivity contribution in [2.45, 2.75) is 315 Å². The summed E-state index contributed by atoms with van der Waals surface area (Å²) in [6.45, 7) is 4.29. The molecule has 0 aromatic carbocycles. The minimum atomic E-state index is -4.39. The Hall–Kier alpha value is -2.29. The zero-order valence-electron chi connectivity index (χ0n) is 51.9. The van der Waals surface area contributed by atoms with E-state index in [1.165, 1.54) is 212 Å². The zero-order valence-corrected chi connectivity index (χ0v) is 52.8. The van der Waals surface area contributed by atoms with Gasteiger partial charge in [-0.1, -0.05) is 280 Å². The van der Waals surface area contributed by atoms with Crippen LogP contribution in [0.1, 0.15) is 309 Å². The van der Waals surface area contributed by atoms with E-state index in [0.717, 1.165) is 64.2 Å². The van der Waals surface area contributed by atoms with Gasteiger partial charge in [-0.15, -0.1) is 0 Å². The minimum Gasteiger partial charge on any atom is -0.462 e. The molecular weight excluding hydrogens is 990 g/mol. The molecule has 2 atom stereocenters. The van der Waals surface area contributed by atoms with Crippen molar-refractivity contribution in [2.75, 3.05) is 47.5 Å². The Morgan fingerprint density at radius 3 is 1.10 bits per heavy atom. The first-order valence-corrected chi connectivity index (χ1v) is 34.5. The number of unbranched alkanes of at least 4 members (excludes halogenated alkanes) is 37. The third-order valence-corrected chi connectivity index (χ3v) is 15.5. The summed E-state index contributed by atoms with van der Waals surface area (Å²) in [5.41, 5.74) is 0. The molecule has 0 heterocycles. The molecule has 2 unspecified atom stereocenters. The highest BCUT2D eigenvalue weighted by atomic mass is 31.2. The molecule has 0 aliphatic heterocycles. The molecule has 1 N–H and O–H groups in total. The van der Waals surface area contributed by atoms with Crippen molar-refractivity contribution in [3.8, 4) is 0 Å². The fourth-order valence-electron chi connectivity index (χ4n) is 9.48. The second kappa shape index (κ2) is 59.3. The van der Waals surface area contributed by atoms with Crippen LogP contribution in [0.3, 0.4) is 0 Å². The van der Waals surface area contributed by atoms with Gasteiger partial charge in [0.2, 0.25) is 0 Å². The molecule has 0 aliphatic rings. The molecule has 78 heavy (non-hydrogen) atoms. The molecule has 0 saturated carbocycles. The van der Waals surface area contributed by atoms with Gasteiger partial charge in [0.05, 0.1) is 27.7 Å². The molecule has 0 aliphatic carbocycles. The average molecular weight is 1120 g/mol. The van der Waals surface area contributed by atoms with Crippen LogP contribution < -0.4 is 0 Å². The smallest absolute Gasteiger partial charge is 0.462 e. The number of nitrogens with zero attached hydrogens (tertiary/aromatic N) is 1. The maximum atomic E-state index is 12.7. The van der Waals surface area contributed by atoms with Crippen LogP contribution in [0.4, 0.5) is 0 Å². The van der Waals surface area contributed by atoms with E-state index >= 15 is 0 Å². The summed E-state index contributed by atoms with van der Waals surface area (Å²) in [6, 6.07) is 0. The van der Waals surface area contributed by atoms with Crippen LogP contribution in [-0.4, -0.2) is 74.9 Å². The van der Waals surface area contributed by atoms with Gasteiger partial charge in [0.1, 0.15) is 19.8 Å². The summed E-state index contributed by atoms with van der Waals surface area (Å²) in [5.74, 6) is -0.823. The molecule has 0 fully saturated rings. The van der Waals surface area contributed by atoms with E-state index in [-0.39, 0.29) is 32.0 Å². The van der Waals surface area contributed by atoms with E-state index in [2.05, 4.69) is 74.6 Å². The number of hydrogen-bond donors (Lipinski definition) is 1. The second-order valence-corrected chi connectivity index (χ2v) is 24.9. The number of phosphoric ester groups is 1. The number of carbonyl (C=O) groups excluding carboxylic acids is 2. The molecule has 0 aromatic rings. The maximum Gasteiger partial charge on any atom is 0.472 e. The quantitative estimate of drug-likeness (QED) is 0.0211. The third kappa shape index (κ3) is 62.9. The summed E-state index contributed by atoms with van der Waals surface area (Å²) >= 11 is 0. The largest absolute Gasteiger partial charge is 0.472 e. The van der Waals surface area contributed by atoms with Crippen molar-refractivity contribution in [2.24, 2.45) is 0 Å². The van der Waals surface area contributed by atoms with Gasteiger partial charge in [-0.2, -0.15) is 0 Å². The zero-order chi connectivity index (χ0) is 57.0. The Labute approximate surface area is 483 Å². The van der Waals surface area contributed by atoms with Gasteiger partial charge in [0.25, 0.3) is 0 Å². The average Bonchev–Trinajstić information content (AvgIpc) is 3.40. The minimum absolute atomic E-state index is 0.0258. The number of hydrogen-bond acceptors (Lipinski definition) is 7. The molecule has 0 amide bonds. The van der Waals surface area contributed by atoms with Crippen LogP contribution in [-0.2, 0) is 32.7 Å². The fourth-order valence-corrected chi connectivity index (χ4v) is 10.2. The van der Waals surface area contributed by atoms with Gasteiger partial charge < -0.3 is 18.9 Å². The van der Waals surface area contributed by atoms with E-state index in [0.29, 0.717) is 17.4 Å². The van der Waals surface area contributed by atoms with Gasteiger partial charge >= 0.3 is 19.8 Å². The Balaban J connectivity index is 3.82. The lowest BCUT2D eigenvalue weighted by atomic mass is 10.0. The number of esters is 2. The summed E-state index contributed by atoms with van der Waals surface area (Å²) < 4.78 is 34.5. The number of phosphoric acid groups is 1. The number of likely N-dealkylation sites (N-methyl/N-ethyl adjacent to an activating group) is 1. The lowest BCUT2D eigenvalue weighted by Gasteiger charge is -2.24. The van der Waals surface area contributed by atoms with Crippen molar-refractivity contribution in [3.63, 3.8) is 0 Å². The van der Waals surface area contributed by atoms with E-state index < -0.39 is 26.5 Å². The van der Waals surface area contributed by atoms with Gasteiger partial charge in [-0.3, -0.25) is 18.6 Å². The Morgan fingerprint density at radius 2 is 0.731 bits per heavy atom. The highest BCUT2D eigenvalue weighted by Crippen LogP contribution is 2.43. The van der Waals surface area contributed by atoms with E-state index in [9.17, 15) is 19.0 Å². The standard InChI is InChI=1S/C68H126NO8P/c1-6-8-10-12-14-16-18-20-21-22-23-24-25-26-27-28-29-30-31-32-33-34-35-36-37-38-39-40-41-42-43-44-45-46-47-49-50-52-54-56-58-60-67(70)74-64-66(65-76-78(72,73)75-63-62-69(3,4)5)77-68(71)61-59-57-55-53-51-48-19-17-15-13-11-9-7-2/h9,11,15,17-18,20,22-23,48,51,66H,6-8,10,12-14,16,19,21,24-47,49-50,52-65H2,1-5H3/p+1/b11-9-,17-15-,20-18-,23-22-,51-48-. The third-order valence-electron chi connectivity index (χ3n) is 14.5. The maximum absolute atomic E-state index is 12.7. The highest BCUT2D eigenvalue weighted by molar-refractivity contribution is 7.47. The molecule has 10 heteroatoms. The number of allylic oxidation sites excluding steroid dienone is 10. The predicted octanol–water partition coefficient (Wildman–Crippen LogP) is 21.0. The normalized spacial score (nSPS) is 13.6. The monoisotopic (exact) mass is 1120 g/mol. The van der Waals surface area contributed by atoms with E-state index in [1.807, 2.05) is 21.1 Å². The van der Waals surface area contributed by atoms with Crippen molar-refractivity contribution in [1.29, 1.82) is 0 Å². The van der Waals surface area contributed by atoms with E-state index in [1.54, 1.807) is 0 Å². The molecule has 0 aromatic heterocycles.